The van der Waals surface area contributed by atoms with Crippen LogP contribution in [0.2, 0.25) is 0 Å². The summed E-state index contributed by atoms with van der Waals surface area (Å²) in [5, 5.41) is 0. The standard InChI is InChI=1S/C24H37N3O/c1-7-9-24(28)19(3)16-20(8-2)21-10-11-22(23(17-21)25(4)5)18-27-14-12-26(6)13-15-27/h8,10-11,16-17H,7,9,12-15,18H2,1-6H3/b19-16-,20-8+. The first kappa shape index (κ1) is 22.4. The zero-order chi connectivity index (χ0) is 20.7. The molecule has 0 radical (unpaired) electrons. The number of allylic oxidation sites excluding steroid dienone is 4. The minimum absolute atomic E-state index is 0.237. The van der Waals surface area contributed by atoms with E-state index in [1.807, 2.05) is 26.8 Å². The Kier molecular flexibility index (Phi) is 8.46. The number of ketones is 1. The van der Waals surface area contributed by atoms with Gasteiger partial charge in [0, 0.05) is 58.9 Å². The number of nitrogens with zero attached hydrogens (tertiary/aromatic N) is 3. The van der Waals surface area contributed by atoms with Gasteiger partial charge in [0.25, 0.3) is 0 Å². The van der Waals surface area contributed by atoms with E-state index >= 15 is 0 Å². The van der Waals surface area contributed by atoms with Crippen molar-refractivity contribution >= 4 is 17.0 Å². The second-order valence-corrected chi connectivity index (χ2v) is 8.06. The van der Waals surface area contributed by atoms with E-state index in [2.05, 4.69) is 60.1 Å². The SMILES string of the molecule is C/C=C(\C=C(\C)C(=O)CCC)c1ccc(CN2CCN(C)CC2)c(N(C)C)c1. The summed E-state index contributed by atoms with van der Waals surface area (Å²) < 4.78 is 0. The van der Waals surface area contributed by atoms with E-state index in [9.17, 15) is 4.79 Å². The maximum atomic E-state index is 12.2. The number of rotatable bonds is 8. The Morgan fingerprint density at radius 3 is 2.43 bits per heavy atom. The molecule has 28 heavy (non-hydrogen) atoms. The molecule has 1 aliphatic rings. The maximum Gasteiger partial charge on any atom is 0.158 e. The lowest BCUT2D eigenvalue weighted by Gasteiger charge is -2.33. The van der Waals surface area contributed by atoms with E-state index < -0.39 is 0 Å². The van der Waals surface area contributed by atoms with Crippen LogP contribution in [0.25, 0.3) is 5.57 Å². The van der Waals surface area contributed by atoms with Gasteiger partial charge in [-0.1, -0.05) is 25.1 Å². The molecule has 1 aromatic rings. The minimum Gasteiger partial charge on any atom is -0.377 e. The number of carbonyl (C=O) groups excluding carboxylic acids is 1. The molecule has 0 atom stereocenters. The first-order valence-corrected chi connectivity index (χ1v) is 10.4. The summed E-state index contributed by atoms with van der Waals surface area (Å²) in [7, 11) is 6.40. The molecule has 0 N–H and O–H groups in total. The Morgan fingerprint density at radius 2 is 1.86 bits per heavy atom. The molecule has 0 aliphatic carbocycles. The monoisotopic (exact) mass is 383 g/mol. The molecule has 0 bridgehead atoms. The number of likely N-dealkylation sites (N-methyl/N-ethyl adjacent to an activating group) is 1. The third-order valence-electron chi connectivity index (χ3n) is 5.49. The van der Waals surface area contributed by atoms with E-state index in [1.165, 1.54) is 11.3 Å². The first-order chi connectivity index (χ1) is 13.3. The van der Waals surface area contributed by atoms with Crippen molar-refractivity contribution in [2.75, 3.05) is 52.2 Å². The van der Waals surface area contributed by atoms with Crippen molar-refractivity contribution in [3.63, 3.8) is 0 Å². The van der Waals surface area contributed by atoms with Gasteiger partial charge >= 0.3 is 0 Å². The average molecular weight is 384 g/mol. The summed E-state index contributed by atoms with van der Waals surface area (Å²) in [6.07, 6.45) is 5.64. The lowest BCUT2D eigenvalue weighted by atomic mass is 9.98. The molecule has 4 nitrogen and oxygen atoms in total. The fourth-order valence-electron chi connectivity index (χ4n) is 3.61. The van der Waals surface area contributed by atoms with E-state index in [0.29, 0.717) is 6.42 Å². The summed E-state index contributed by atoms with van der Waals surface area (Å²) in [6, 6.07) is 6.71. The molecule has 0 spiro atoms. The van der Waals surface area contributed by atoms with Gasteiger partial charge in [0.15, 0.2) is 5.78 Å². The van der Waals surface area contributed by atoms with Crippen LogP contribution >= 0.6 is 0 Å². The van der Waals surface area contributed by atoms with Crippen LogP contribution in [0.3, 0.4) is 0 Å². The predicted octanol–water partition coefficient (Wildman–Crippen LogP) is 4.22. The number of hydrogen-bond donors (Lipinski definition) is 0. The van der Waals surface area contributed by atoms with Crippen molar-refractivity contribution in [2.24, 2.45) is 0 Å². The molecular weight excluding hydrogens is 346 g/mol. The summed E-state index contributed by atoms with van der Waals surface area (Å²) in [5.74, 6) is 0.237. The van der Waals surface area contributed by atoms with Crippen LogP contribution in [0.5, 0.6) is 0 Å². The lowest BCUT2D eigenvalue weighted by Crippen LogP contribution is -2.44. The fourth-order valence-corrected chi connectivity index (χ4v) is 3.61. The van der Waals surface area contributed by atoms with Crippen LogP contribution < -0.4 is 4.90 Å². The maximum absolute atomic E-state index is 12.2. The summed E-state index contributed by atoms with van der Waals surface area (Å²) in [4.78, 5) is 19.3. The van der Waals surface area contributed by atoms with Crippen molar-refractivity contribution in [1.29, 1.82) is 0 Å². The highest BCUT2D eigenvalue weighted by Crippen LogP contribution is 2.27. The first-order valence-electron chi connectivity index (χ1n) is 10.4. The molecule has 2 rings (SSSR count). The third-order valence-corrected chi connectivity index (χ3v) is 5.49. The number of benzene rings is 1. The summed E-state index contributed by atoms with van der Waals surface area (Å²) >= 11 is 0. The predicted molar refractivity (Wildman–Crippen MR) is 121 cm³/mol. The normalized spacial score (nSPS) is 17.1. The molecule has 0 amide bonds. The second-order valence-electron chi connectivity index (χ2n) is 8.06. The Morgan fingerprint density at radius 1 is 1.18 bits per heavy atom. The van der Waals surface area contributed by atoms with Crippen LogP contribution in [-0.2, 0) is 11.3 Å². The molecule has 4 heteroatoms. The van der Waals surface area contributed by atoms with Gasteiger partial charge in [-0.05, 0) is 61.7 Å². The Labute approximate surface area is 171 Å². The highest BCUT2D eigenvalue weighted by atomic mass is 16.1. The van der Waals surface area contributed by atoms with Gasteiger partial charge in [-0.3, -0.25) is 9.69 Å². The van der Waals surface area contributed by atoms with Gasteiger partial charge < -0.3 is 9.80 Å². The van der Waals surface area contributed by atoms with Gasteiger partial charge in [-0.15, -0.1) is 0 Å². The highest BCUT2D eigenvalue weighted by Gasteiger charge is 2.16. The molecule has 1 aliphatic heterocycles. The molecule has 1 fully saturated rings. The summed E-state index contributed by atoms with van der Waals surface area (Å²) in [6.45, 7) is 11.5. The fraction of sp³-hybridized carbons (Fsp3) is 0.542. The minimum atomic E-state index is 0.237. The number of piperazine rings is 1. The molecule has 0 saturated carbocycles. The molecule has 1 aromatic carbocycles. The van der Waals surface area contributed by atoms with Crippen molar-refractivity contribution in [3.05, 3.63) is 47.1 Å². The third kappa shape index (κ3) is 6.05. The van der Waals surface area contributed by atoms with Crippen LogP contribution in [-0.4, -0.2) is 62.9 Å². The molecule has 0 aromatic heterocycles. The van der Waals surface area contributed by atoms with Crippen molar-refractivity contribution in [3.8, 4) is 0 Å². The van der Waals surface area contributed by atoms with Crippen LogP contribution in [0.15, 0.2) is 35.9 Å². The van der Waals surface area contributed by atoms with E-state index in [0.717, 1.165) is 55.9 Å². The largest absolute Gasteiger partial charge is 0.377 e. The molecule has 1 saturated heterocycles. The quantitative estimate of drug-likeness (QED) is 0.496. The summed E-state index contributed by atoms with van der Waals surface area (Å²) in [5.41, 5.74) is 5.72. The Bertz CT molecular complexity index is 725. The zero-order valence-electron chi connectivity index (χ0n) is 18.6. The van der Waals surface area contributed by atoms with E-state index in [1.54, 1.807) is 0 Å². The van der Waals surface area contributed by atoms with Gasteiger partial charge in [-0.25, -0.2) is 0 Å². The van der Waals surface area contributed by atoms with Crippen LogP contribution in [0.1, 0.15) is 44.7 Å². The van der Waals surface area contributed by atoms with Crippen LogP contribution in [0.4, 0.5) is 5.69 Å². The van der Waals surface area contributed by atoms with Crippen LogP contribution in [0, 0.1) is 0 Å². The zero-order valence-corrected chi connectivity index (χ0v) is 18.6. The number of carbonyl (C=O) groups is 1. The topological polar surface area (TPSA) is 26.8 Å². The second kappa shape index (κ2) is 10.6. The van der Waals surface area contributed by atoms with Gasteiger partial charge in [-0.2, -0.15) is 0 Å². The highest BCUT2D eigenvalue weighted by molar-refractivity contribution is 5.97. The van der Waals surface area contributed by atoms with E-state index in [-0.39, 0.29) is 5.78 Å². The van der Waals surface area contributed by atoms with E-state index in [4.69, 9.17) is 0 Å². The number of hydrogen-bond acceptors (Lipinski definition) is 4. The van der Waals surface area contributed by atoms with Gasteiger partial charge in [0.2, 0.25) is 0 Å². The molecule has 1 heterocycles. The van der Waals surface area contributed by atoms with Gasteiger partial charge in [0.05, 0.1) is 0 Å². The smallest absolute Gasteiger partial charge is 0.158 e. The Balaban J connectivity index is 2.25. The molecular formula is C24H37N3O. The lowest BCUT2D eigenvalue weighted by molar-refractivity contribution is -0.115. The molecule has 0 unspecified atom stereocenters. The Hall–Kier alpha value is -1.91. The number of anilines is 1. The average Bonchev–Trinajstić information content (AvgIpc) is 2.68. The molecule has 154 valence electrons. The van der Waals surface area contributed by atoms with Crippen molar-refractivity contribution in [2.45, 2.75) is 40.2 Å². The van der Waals surface area contributed by atoms with Crippen molar-refractivity contribution < 1.29 is 4.79 Å². The van der Waals surface area contributed by atoms with Crippen molar-refractivity contribution in [1.82, 2.24) is 9.80 Å². The number of Topliss-reactive ketones (excluding diaryl/α,β-unsaturated/α-hetero) is 1. The van der Waals surface area contributed by atoms with Gasteiger partial charge in [0.1, 0.15) is 0 Å².